The Morgan fingerprint density at radius 1 is 1.41 bits per heavy atom. The highest BCUT2D eigenvalue weighted by atomic mass is 35.5. The second-order valence-corrected chi connectivity index (χ2v) is 10.2. The Labute approximate surface area is 206 Å². The van der Waals surface area contributed by atoms with Crippen molar-refractivity contribution in [2.45, 2.75) is 58.1 Å². The molecule has 0 aromatic heterocycles. The maximum Gasteiger partial charge on any atom is 0.416 e. The highest BCUT2D eigenvalue weighted by Crippen LogP contribution is 2.46. The number of halogens is 3. The number of nitrogens with one attached hydrogen (secondary N) is 2. The first kappa shape index (κ1) is 27.6. The normalized spacial score (nSPS) is 18.0. The molecule has 0 aliphatic heterocycles. The first-order valence-corrected chi connectivity index (χ1v) is 11.8. The third kappa shape index (κ3) is 7.17. The fraction of sp³-hybridized carbons (Fsp3) is 0.455. The van der Waals surface area contributed by atoms with Gasteiger partial charge in [0.1, 0.15) is 5.60 Å². The van der Waals surface area contributed by atoms with Crippen LogP contribution >= 0.6 is 23.4 Å². The maximum absolute atomic E-state index is 13.7. The molecule has 1 saturated carbocycles. The summed E-state index contributed by atoms with van der Waals surface area (Å²) in [6.45, 7) is 10.5. The molecule has 0 saturated heterocycles. The molecule has 12 heteroatoms. The average molecular weight is 517 g/mol. The van der Waals surface area contributed by atoms with Gasteiger partial charge in [-0.05, 0) is 57.1 Å². The van der Waals surface area contributed by atoms with Gasteiger partial charge in [0.15, 0.2) is 16.8 Å². The molecule has 2 rings (SSSR count). The Hall–Kier alpha value is -2.66. The Morgan fingerprint density at radius 3 is 2.59 bits per heavy atom. The predicted octanol–water partition coefficient (Wildman–Crippen LogP) is 5.92. The Morgan fingerprint density at radius 2 is 2.06 bits per heavy atom. The minimum absolute atomic E-state index is 0.266. The van der Waals surface area contributed by atoms with Gasteiger partial charge in [0.25, 0.3) is 0 Å². The van der Waals surface area contributed by atoms with Crippen LogP contribution in [0.1, 0.15) is 52.0 Å². The van der Waals surface area contributed by atoms with Gasteiger partial charge >= 0.3 is 11.8 Å². The molecular formula is C22H27ClF2N4O4S. The van der Waals surface area contributed by atoms with Crippen LogP contribution in [0, 0.1) is 27.2 Å². The average Bonchev–Trinajstić information content (AvgIpc) is 3.47. The number of carbonyl (C=O) groups excluding carboxylic acids is 1. The van der Waals surface area contributed by atoms with Gasteiger partial charge in [-0.3, -0.25) is 20.4 Å². The van der Waals surface area contributed by atoms with Crippen molar-refractivity contribution in [3.05, 3.63) is 68.0 Å². The van der Waals surface area contributed by atoms with E-state index in [4.69, 9.17) is 21.7 Å². The van der Waals surface area contributed by atoms with Crippen molar-refractivity contribution in [3.8, 4) is 0 Å². The lowest BCUT2D eigenvalue weighted by Crippen LogP contribution is -2.44. The molecule has 1 aromatic carbocycles. The molecular weight excluding hydrogens is 490 g/mol. The zero-order valence-electron chi connectivity index (χ0n) is 19.3. The molecule has 2 N–H and O–H groups in total. The summed E-state index contributed by atoms with van der Waals surface area (Å²) in [5.41, 5.74) is -1.40. The van der Waals surface area contributed by atoms with Crippen LogP contribution in [0.15, 0.2) is 40.7 Å². The Kier molecular flexibility index (Phi) is 9.07. The molecule has 1 aliphatic carbocycles. The fourth-order valence-electron chi connectivity index (χ4n) is 3.10. The molecule has 0 spiro atoms. The first-order valence-electron chi connectivity index (χ1n) is 10.5. The number of rotatable bonds is 9. The van der Waals surface area contributed by atoms with Crippen LogP contribution in [0.25, 0.3) is 0 Å². The number of amidine groups is 1. The molecule has 0 heterocycles. The molecule has 2 atom stereocenters. The lowest BCUT2D eigenvalue weighted by Gasteiger charge is -2.27. The summed E-state index contributed by atoms with van der Waals surface area (Å²) in [6, 6.07) is 2.59. The van der Waals surface area contributed by atoms with Crippen molar-refractivity contribution in [1.82, 2.24) is 10.2 Å². The zero-order valence-corrected chi connectivity index (χ0v) is 20.9. The zero-order chi connectivity index (χ0) is 25.8. The summed E-state index contributed by atoms with van der Waals surface area (Å²) in [6.07, 6.45) is 0.113. The molecule has 0 unspecified atom stereocenters. The van der Waals surface area contributed by atoms with Crippen LogP contribution in [0.4, 0.5) is 13.6 Å². The van der Waals surface area contributed by atoms with E-state index in [2.05, 4.69) is 11.9 Å². The maximum atomic E-state index is 13.7. The minimum atomic E-state index is -1.05. The van der Waals surface area contributed by atoms with Crippen molar-refractivity contribution in [2.24, 2.45) is 0 Å². The molecule has 1 fully saturated rings. The lowest BCUT2D eigenvalue weighted by atomic mass is 10.1. The number of carbonyl (C=O) groups is 1. The number of amides is 1. The Bertz CT molecular complexity index is 1030. The van der Waals surface area contributed by atoms with Gasteiger partial charge in [-0.15, -0.1) is 11.8 Å². The van der Waals surface area contributed by atoms with Gasteiger partial charge in [0, 0.05) is 12.0 Å². The van der Waals surface area contributed by atoms with E-state index in [0.29, 0.717) is 16.3 Å². The number of hydrogen-bond donors (Lipinski definition) is 2. The number of hydrogen-bond acceptors (Lipinski definition) is 7. The molecule has 8 nitrogen and oxygen atoms in total. The van der Waals surface area contributed by atoms with Gasteiger partial charge < -0.3 is 10.1 Å². The van der Waals surface area contributed by atoms with Crippen LogP contribution in [-0.4, -0.2) is 39.1 Å². The first-order chi connectivity index (χ1) is 15.8. The fourth-order valence-corrected chi connectivity index (χ4v) is 4.05. The van der Waals surface area contributed by atoms with E-state index in [1.165, 1.54) is 17.8 Å². The Balaban J connectivity index is 2.40. The summed E-state index contributed by atoms with van der Waals surface area (Å²) in [5, 5.41) is 22.8. The third-order valence-electron chi connectivity index (χ3n) is 4.64. The second-order valence-electron chi connectivity index (χ2n) is 8.60. The standard InChI is InChI=1S/C22H27ClF2N4O4S/c1-6-9-34-12(2)27-19(23)18(29(31)32)20(26)28(21(30)33-22(3,4)5)17-11-14(17)13-7-8-15(24)16(25)10-13/h7-8,10,14,17,26-27H,2,6,9,11H2,1,3-5H3/t14-,17+/m0/s1. The van der Waals surface area contributed by atoms with E-state index in [9.17, 15) is 23.7 Å². The summed E-state index contributed by atoms with van der Waals surface area (Å²) in [7, 11) is 0. The highest BCUT2D eigenvalue weighted by Gasteiger charge is 2.50. The van der Waals surface area contributed by atoms with E-state index >= 15 is 0 Å². The smallest absolute Gasteiger partial charge is 0.416 e. The number of nitrogens with zero attached hydrogens (tertiary/aromatic N) is 2. The lowest BCUT2D eigenvalue weighted by molar-refractivity contribution is -0.416. The summed E-state index contributed by atoms with van der Waals surface area (Å²) < 4.78 is 32.4. The number of thioether (sulfide) groups is 1. The van der Waals surface area contributed by atoms with Crippen molar-refractivity contribution in [3.63, 3.8) is 0 Å². The topological polar surface area (TPSA) is 109 Å². The third-order valence-corrected chi connectivity index (χ3v) is 5.97. The van der Waals surface area contributed by atoms with E-state index in [-0.39, 0.29) is 6.42 Å². The van der Waals surface area contributed by atoms with Crippen molar-refractivity contribution in [2.75, 3.05) is 5.75 Å². The SMILES string of the molecule is C=C(NC(Cl)=C(C(=N)N(C(=O)OC(C)(C)C)[C@@H]1C[C@H]1c1ccc(F)c(F)c1)[N+](=O)[O-])SCCC. The number of benzene rings is 1. The van der Waals surface area contributed by atoms with E-state index in [0.717, 1.165) is 23.5 Å². The van der Waals surface area contributed by atoms with Gasteiger partial charge in [-0.2, -0.15) is 0 Å². The van der Waals surface area contributed by atoms with Crippen molar-refractivity contribution >= 4 is 35.3 Å². The van der Waals surface area contributed by atoms with E-state index in [1.54, 1.807) is 20.8 Å². The predicted molar refractivity (Wildman–Crippen MR) is 128 cm³/mol. The van der Waals surface area contributed by atoms with Gasteiger partial charge in [0.05, 0.1) is 9.95 Å². The second kappa shape index (κ2) is 11.2. The number of ether oxygens (including phenoxy) is 1. The molecule has 186 valence electrons. The summed E-state index contributed by atoms with van der Waals surface area (Å²) in [5.74, 6) is -2.64. The monoisotopic (exact) mass is 516 g/mol. The largest absolute Gasteiger partial charge is 0.443 e. The van der Waals surface area contributed by atoms with Crippen LogP contribution in [0.2, 0.25) is 0 Å². The van der Waals surface area contributed by atoms with E-state index < -0.39 is 56.9 Å². The summed E-state index contributed by atoms with van der Waals surface area (Å²) in [4.78, 5) is 24.8. The molecule has 1 amide bonds. The quantitative estimate of drug-likeness (QED) is 0.138. The van der Waals surface area contributed by atoms with Crippen LogP contribution < -0.4 is 5.32 Å². The van der Waals surface area contributed by atoms with Crippen LogP contribution in [0.3, 0.4) is 0 Å². The van der Waals surface area contributed by atoms with Gasteiger partial charge in [-0.25, -0.2) is 13.6 Å². The number of nitro groups is 1. The summed E-state index contributed by atoms with van der Waals surface area (Å²) >= 11 is 7.45. The van der Waals surface area contributed by atoms with Crippen molar-refractivity contribution < 1.29 is 23.2 Å². The van der Waals surface area contributed by atoms with Crippen molar-refractivity contribution in [1.29, 1.82) is 5.41 Å². The molecule has 0 bridgehead atoms. The molecule has 1 aromatic rings. The van der Waals surface area contributed by atoms with E-state index in [1.807, 2.05) is 6.92 Å². The molecule has 1 aliphatic rings. The van der Waals surface area contributed by atoms with Crippen LogP contribution in [0.5, 0.6) is 0 Å². The molecule has 0 radical (unpaired) electrons. The highest BCUT2D eigenvalue weighted by molar-refractivity contribution is 8.02. The van der Waals surface area contributed by atoms with Gasteiger partial charge in [-0.1, -0.05) is 31.2 Å². The molecule has 34 heavy (non-hydrogen) atoms. The van der Waals surface area contributed by atoms with Crippen LogP contribution in [-0.2, 0) is 4.74 Å². The minimum Gasteiger partial charge on any atom is -0.443 e. The van der Waals surface area contributed by atoms with Gasteiger partial charge in [0.2, 0.25) is 5.84 Å².